The van der Waals surface area contributed by atoms with E-state index in [-0.39, 0.29) is 5.28 Å². The Morgan fingerprint density at radius 1 is 1.50 bits per heavy atom. The summed E-state index contributed by atoms with van der Waals surface area (Å²) in [7, 11) is 0. The second-order valence-corrected chi connectivity index (χ2v) is 2.36. The topological polar surface area (TPSA) is 51.8 Å². The van der Waals surface area contributed by atoms with Crippen LogP contribution in [0, 0.1) is 0 Å². The maximum absolute atomic E-state index is 5.61. The van der Waals surface area contributed by atoms with Crippen LogP contribution in [0.4, 0.5) is 0 Å². The molecular weight excluding hydrogens is 173 g/mol. The van der Waals surface area contributed by atoms with Gasteiger partial charge in [-0.15, -0.1) is 0 Å². The third-order valence-corrected chi connectivity index (χ3v) is 1.51. The highest BCUT2D eigenvalue weighted by Gasteiger charge is 1.99. The lowest BCUT2D eigenvalue weighted by molar-refractivity contribution is 1.01. The van der Waals surface area contributed by atoms with E-state index in [9.17, 15) is 0 Å². The van der Waals surface area contributed by atoms with Gasteiger partial charge in [0.15, 0.2) is 0 Å². The Hall–Kier alpha value is -0.380. The molecule has 0 radical (unpaired) electrons. The van der Waals surface area contributed by atoms with Gasteiger partial charge in [0.25, 0.3) is 0 Å². The van der Waals surface area contributed by atoms with Crippen LogP contribution in [0.2, 0.25) is 10.4 Å². The predicted octanol–water partition coefficient (Wildman–Crippen LogP) is 1.24. The van der Waals surface area contributed by atoms with Gasteiger partial charge in [-0.1, -0.05) is 11.6 Å². The normalized spacial score (nSPS) is 9.90. The Bertz CT molecular complexity index is 238. The SMILES string of the molecule is NCc1cnc(Cl)nc1Cl. The van der Waals surface area contributed by atoms with Crippen molar-refractivity contribution >= 4 is 23.2 Å². The van der Waals surface area contributed by atoms with E-state index in [0.29, 0.717) is 17.3 Å². The van der Waals surface area contributed by atoms with E-state index in [4.69, 9.17) is 28.9 Å². The summed E-state index contributed by atoms with van der Waals surface area (Å²) in [4.78, 5) is 7.38. The molecule has 0 saturated carbocycles. The number of nitrogens with two attached hydrogens (primary N) is 1. The molecular formula is C5H5Cl2N3. The predicted molar refractivity (Wildman–Crippen MR) is 39.9 cm³/mol. The summed E-state index contributed by atoms with van der Waals surface area (Å²) in [6, 6.07) is 0. The van der Waals surface area contributed by atoms with Gasteiger partial charge in [-0.2, -0.15) is 0 Å². The molecule has 0 atom stereocenters. The number of rotatable bonds is 1. The van der Waals surface area contributed by atoms with E-state index in [1.54, 1.807) is 0 Å². The number of hydrogen-bond donors (Lipinski definition) is 1. The van der Waals surface area contributed by atoms with Gasteiger partial charge in [0.05, 0.1) is 0 Å². The van der Waals surface area contributed by atoms with E-state index in [2.05, 4.69) is 9.97 Å². The Kier molecular flexibility index (Phi) is 2.43. The third kappa shape index (κ3) is 1.56. The van der Waals surface area contributed by atoms with Gasteiger partial charge >= 0.3 is 0 Å². The highest BCUT2D eigenvalue weighted by Crippen LogP contribution is 2.12. The summed E-state index contributed by atoms with van der Waals surface area (Å²) in [5, 5.41) is 0.463. The minimum atomic E-state index is 0.141. The van der Waals surface area contributed by atoms with Crippen molar-refractivity contribution in [2.45, 2.75) is 6.54 Å². The fraction of sp³-hybridized carbons (Fsp3) is 0.200. The molecule has 0 saturated heterocycles. The molecule has 0 fully saturated rings. The molecule has 10 heavy (non-hydrogen) atoms. The molecule has 0 aliphatic heterocycles. The van der Waals surface area contributed by atoms with Gasteiger partial charge in [0.2, 0.25) is 5.28 Å². The summed E-state index contributed by atoms with van der Waals surface area (Å²) < 4.78 is 0. The molecule has 54 valence electrons. The van der Waals surface area contributed by atoms with Crippen LogP contribution < -0.4 is 5.73 Å². The molecule has 1 rings (SSSR count). The monoisotopic (exact) mass is 177 g/mol. The molecule has 0 aromatic carbocycles. The van der Waals surface area contributed by atoms with E-state index < -0.39 is 0 Å². The molecule has 0 unspecified atom stereocenters. The molecule has 0 bridgehead atoms. The van der Waals surface area contributed by atoms with Crippen LogP contribution in [-0.2, 0) is 6.54 Å². The second-order valence-electron chi connectivity index (χ2n) is 1.66. The fourth-order valence-electron chi connectivity index (χ4n) is 0.503. The average molecular weight is 178 g/mol. The summed E-state index contributed by atoms with van der Waals surface area (Å²) in [6.45, 7) is 0.329. The van der Waals surface area contributed by atoms with E-state index in [0.717, 1.165) is 0 Å². The van der Waals surface area contributed by atoms with E-state index in [1.807, 2.05) is 0 Å². The van der Waals surface area contributed by atoms with E-state index in [1.165, 1.54) is 6.20 Å². The molecule has 1 aromatic rings. The number of aromatic nitrogens is 2. The van der Waals surface area contributed by atoms with Crippen LogP contribution in [0.3, 0.4) is 0 Å². The molecule has 1 aromatic heterocycles. The largest absolute Gasteiger partial charge is 0.326 e. The van der Waals surface area contributed by atoms with Crippen molar-refractivity contribution in [3.63, 3.8) is 0 Å². The lowest BCUT2D eigenvalue weighted by Crippen LogP contribution is -1.99. The van der Waals surface area contributed by atoms with Gasteiger partial charge in [-0.25, -0.2) is 9.97 Å². The summed E-state index contributed by atoms with van der Waals surface area (Å²) in [5.74, 6) is 0. The standard InChI is InChI=1S/C5H5Cl2N3/c6-4-3(1-8)2-9-5(7)10-4/h2H,1,8H2. The zero-order chi connectivity index (χ0) is 7.56. The van der Waals surface area contributed by atoms with Gasteiger partial charge < -0.3 is 5.73 Å². The molecule has 0 spiro atoms. The van der Waals surface area contributed by atoms with Gasteiger partial charge in [-0.3, -0.25) is 0 Å². The maximum atomic E-state index is 5.61. The van der Waals surface area contributed by atoms with Crippen LogP contribution in [0.25, 0.3) is 0 Å². The van der Waals surface area contributed by atoms with Gasteiger partial charge in [0.1, 0.15) is 5.15 Å². The zero-order valence-corrected chi connectivity index (χ0v) is 6.52. The molecule has 0 aliphatic carbocycles. The van der Waals surface area contributed by atoms with Crippen molar-refractivity contribution in [3.05, 3.63) is 22.2 Å². The quantitative estimate of drug-likeness (QED) is 0.519. The molecule has 0 amide bonds. The first-order chi connectivity index (χ1) is 4.74. The first-order valence-corrected chi connectivity index (χ1v) is 3.36. The maximum Gasteiger partial charge on any atom is 0.223 e. The molecule has 5 heteroatoms. The Morgan fingerprint density at radius 3 is 2.70 bits per heavy atom. The fourth-order valence-corrected chi connectivity index (χ4v) is 0.886. The Balaban J connectivity index is 3.07. The van der Waals surface area contributed by atoms with Crippen LogP contribution in [-0.4, -0.2) is 9.97 Å². The lowest BCUT2D eigenvalue weighted by atomic mass is 10.3. The van der Waals surface area contributed by atoms with Crippen LogP contribution in [0.5, 0.6) is 0 Å². The van der Waals surface area contributed by atoms with Crippen LogP contribution in [0.1, 0.15) is 5.56 Å². The minimum Gasteiger partial charge on any atom is -0.326 e. The first-order valence-electron chi connectivity index (χ1n) is 2.61. The van der Waals surface area contributed by atoms with Gasteiger partial charge in [-0.05, 0) is 11.6 Å². The van der Waals surface area contributed by atoms with Gasteiger partial charge in [0, 0.05) is 18.3 Å². The smallest absolute Gasteiger partial charge is 0.223 e. The number of halogens is 2. The van der Waals surface area contributed by atoms with Crippen molar-refractivity contribution in [2.24, 2.45) is 5.73 Å². The summed E-state index contributed by atoms with van der Waals surface area (Å²) >= 11 is 11.0. The zero-order valence-electron chi connectivity index (χ0n) is 5.01. The number of hydrogen-bond acceptors (Lipinski definition) is 3. The lowest BCUT2D eigenvalue weighted by Gasteiger charge is -1.96. The minimum absolute atomic E-state index is 0.141. The van der Waals surface area contributed by atoms with Crippen molar-refractivity contribution in [2.75, 3.05) is 0 Å². The van der Waals surface area contributed by atoms with Crippen molar-refractivity contribution in [1.29, 1.82) is 0 Å². The van der Waals surface area contributed by atoms with Crippen molar-refractivity contribution in [3.8, 4) is 0 Å². The highest BCUT2D eigenvalue weighted by atomic mass is 35.5. The van der Waals surface area contributed by atoms with Crippen LogP contribution in [0.15, 0.2) is 6.20 Å². The van der Waals surface area contributed by atoms with Crippen LogP contribution >= 0.6 is 23.2 Å². The molecule has 0 aliphatic rings. The van der Waals surface area contributed by atoms with E-state index >= 15 is 0 Å². The first kappa shape index (κ1) is 7.72. The number of nitrogens with zero attached hydrogens (tertiary/aromatic N) is 2. The summed E-state index contributed by atoms with van der Waals surface area (Å²) in [5.41, 5.74) is 5.99. The highest BCUT2D eigenvalue weighted by molar-refractivity contribution is 6.32. The molecule has 3 nitrogen and oxygen atoms in total. The summed E-state index contributed by atoms with van der Waals surface area (Å²) in [6.07, 6.45) is 1.51. The molecule has 1 heterocycles. The Labute approximate surface area is 68.2 Å². The second kappa shape index (κ2) is 3.14. The average Bonchev–Trinajstić information content (AvgIpc) is 1.88. The van der Waals surface area contributed by atoms with Crippen molar-refractivity contribution < 1.29 is 0 Å². The third-order valence-electron chi connectivity index (χ3n) is 1.00. The Morgan fingerprint density at radius 2 is 2.20 bits per heavy atom. The molecule has 2 N–H and O–H groups in total. The van der Waals surface area contributed by atoms with Crippen molar-refractivity contribution in [1.82, 2.24) is 9.97 Å².